The maximum Gasteiger partial charge on any atom is 0.416 e. The van der Waals surface area contributed by atoms with E-state index in [0.29, 0.717) is 5.56 Å². The van der Waals surface area contributed by atoms with E-state index in [2.05, 4.69) is 16.2 Å². The molecule has 0 aliphatic carbocycles. The van der Waals surface area contributed by atoms with Crippen molar-refractivity contribution in [2.45, 2.75) is 39.2 Å². The highest BCUT2D eigenvalue weighted by molar-refractivity contribution is 5.37. The van der Waals surface area contributed by atoms with Crippen molar-refractivity contribution in [3.8, 4) is 0 Å². The molecule has 0 heterocycles. The van der Waals surface area contributed by atoms with Gasteiger partial charge >= 0.3 is 6.18 Å². The standard InChI is InChI=1S/C13H20F3N3/c1-8-11(9(2)18-10(3)19-17-4)6-5-7-12(8)13(14,15)16/h5-7,9-10,17-19H,1-4H3/t9-,10?/m1/s1. The van der Waals surface area contributed by atoms with Gasteiger partial charge in [0.25, 0.3) is 0 Å². The number of benzene rings is 1. The normalized spacial score (nSPS) is 15.3. The van der Waals surface area contributed by atoms with Gasteiger partial charge in [0.2, 0.25) is 0 Å². The van der Waals surface area contributed by atoms with Crippen molar-refractivity contribution in [2.75, 3.05) is 7.05 Å². The first kappa shape index (κ1) is 15.9. The Morgan fingerprint density at radius 1 is 1.16 bits per heavy atom. The van der Waals surface area contributed by atoms with Gasteiger partial charge in [-0.2, -0.15) is 13.2 Å². The zero-order valence-corrected chi connectivity index (χ0v) is 11.5. The molecule has 108 valence electrons. The van der Waals surface area contributed by atoms with E-state index in [9.17, 15) is 13.2 Å². The molecule has 0 amide bonds. The summed E-state index contributed by atoms with van der Waals surface area (Å²) in [4.78, 5) is 0. The van der Waals surface area contributed by atoms with E-state index in [4.69, 9.17) is 0 Å². The molecule has 0 saturated carbocycles. The molecule has 0 spiro atoms. The van der Waals surface area contributed by atoms with Crippen LogP contribution < -0.4 is 16.2 Å². The third-order valence-corrected chi connectivity index (χ3v) is 3.01. The summed E-state index contributed by atoms with van der Waals surface area (Å²) in [6.07, 6.45) is -4.37. The lowest BCUT2D eigenvalue weighted by atomic mass is 9.97. The second kappa shape index (κ2) is 6.36. The molecule has 1 rings (SSSR count). The van der Waals surface area contributed by atoms with Crippen LogP contribution in [0.15, 0.2) is 18.2 Å². The van der Waals surface area contributed by atoms with Crippen LogP contribution in [0.2, 0.25) is 0 Å². The first-order valence-electron chi connectivity index (χ1n) is 6.12. The van der Waals surface area contributed by atoms with Crippen molar-refractivity contribution in [1.29, 1.82) is 0 Å². The number of hydrogen-bond donors (Lipinski definition) is 3. The molecular weight excluding hydrogens is 255 g/mol. The minimum absolute atomic E-state index is 0.0612. The highest BCUT2D eigenvalue weighted by atomic mass is 19.4. The van der Waals surface area contributed by atoms with Gasteiger partial charge in [-0.05, 0) is 45.0 Å². The Hall–Kier alpha value is -1.11. The van der Waals surface area contributed by atoms with Crippen molar-refractivity contribution in [3.63, 3.8) is 0 Å². The van der Waals surface area contributed by atoms with Crippen LogP contribution >= 0.6 is 0 Å². The predicted molar refractivity (Wildman–Crippen MR) is 69.4 cm³/mol. The van der Waals surface area contributed by atoms with Gasteiger partial charge in [-0.25, -0.2) is 5.43 Å². The number of hydrogen-bond acceptors (Lipinski definition) is 3. The topological polar surface area (TPSA) is 36.1 Å². The van der Waals surface area contributed by atoms with Crippen LogP contribution in [0.25, 0.3) is 0 Å². The van der Waals surface area contributed by atoms with Crippen LogP contribution in [0.4, 0.5) is 13.2 Å². The quantitative estimate of drug-likeness (QED) is 0.571. The smallest absolute Gasteiger partial charge is 0.294 e. The average molecular weight is 275 g/mol. The van der Waals surface area contributed by atoms with E-state index >= 15 is 0 Å². The van der Waals surface area contributed by atoms with Crippen LogP contribution in [0.1, 0.15) is 36.6 Å². The van der Waals surface area contributed by atoms with E-state index in [0.717, 1.165) is 6.07 Å². The van der Waals surface area contributed by atoms with Gasteiger partial charge in [0.05, 0.1) is 11.7 Å². The Morgan fingerprint density at radius 3 is 2.32 bits per heavy atom. The molecule has 3 nitrogen and oxygen atoms in total. The summed E-state index contributed by atoms with van der Waals surface area (Å²) in [6.45, 7) is 5.23. The van der Waals surface area contributed by atoms with Crippen molar-refractivity contribution >= 4 is 0 Å². The molecule has 0 aliphatic heterocycles. The second-order valence-corrected chi connectivity index (χ2v) is 4.52. The summed E-state index contributed by atoms with van der Waals surface area (Å²) in [5, 5.41) is 3.18. The molecule has 0 saturated heterocycles. The number of alkyl halides is 3. The summed E-state index contributed by atoms with van der Waals surface area (Å²) in [6, 6.07) is 4.09. The second-order valence-electron chi connectivity index (χ2n) is 4.52. The minimum Gasteiger partial charge on any atom is -0.294 e. The molecule has 0 aromatic heterocycles. The fraction of sp³-hybridized carbons (Fsp3) is 0.538. The molecule has 3 N–H and O–H groups in total. The summed E-state index contributed by atoms with van der Waals surface area (Å²) in [7, 11) is 1.73. The SMILES string of the molecule is CNNC(C)N[C@H](C)c1cccc(C(F)(F)F)c1C. The fourth-order valence-electron chi connectivity index (χ4n) is 2.15. The molecule has 19 heavy (non-hydrogen) atoms. The summed E-state index contributed by atoms with van der Waals surface area (Å²) in [5.41, 5.74) is 6.06. The highest BCUT2D eigenvalue weighted by Gasteiger charge is 2.33. The lowest BCUT2D eigenvalue weighted by Crippen LogP contribution is -2.46. The first-order chi connectivity index (χ1) is 8.77. The zero-order valence-electron chi connectivity index (χ0n) is 11.5. The van der Waals surface area contributed by atoms with Crippen LogP contribution in [0.5, 0.6) is 0 Å². The number of halogens is 3. The number of nitrogens with one attached hydrogen (secondary N) is 3. The molecule has 2 atom stereocenters. The molecule has 1 unspecified atom stereocenters. The molecule has 0 fully saturated rings. The Morgan fingerprint density at radius 2 is 1.79 bits per heavy atom. The monoisotopic (exact) mass is 275 g/mol. The molecule has 0 radical (unpaired) electrons. The lowest BCUT2D eigenvalue weighted by Gasteiger charge is -2.23. The Kier molecular flexibility index (Phi) is 5.34. The van der Waals surface area contributed by atoms with Gasteiger partial charge in [-0.3, -0.25) is 10.7 Å². The molecule has 1 aromatic rings. The first-order valence-corrected chi connectivity index (χ1v) is 6.12. The Bertz CT molecular complexity index is 418. The summed E-state index contributed by atoms with van der Waals surface area (Å²) < 4.78 is 38.5. The predicted octanol–water partition coefficient (Wildman–Crippen LogP) is 2.73. The number of hydrazine groups is 1. The van der Waals surface area contributed by atoms with Crippen LogP contribution in [-0.2, 0) is 6.18 Å². The van der Waals surface area contributed by atoms with Gasteiger partial charge in [0, 0.05) is 6.04 Å². The van der Waals surface area contributed by atoms with Crippen LogP contribution in [-0.4, -0.2) is 13.2 Å². The van der Waals surface area contributed by atoms with E-state index in [1.165, 1.54) is 13.0 Å². The summed E-state index contributed by atoms with van der Waals surface area (Å²) in [5.74, 6) is 0. The van der Waals surface area contributed by atoms with E-state index < -0.39 is 11.7 Å². The molecular formula is C13H20F3N3. The van der Waals surface area contributed by atoms with Gasteiger partial charge in [0.1, 0.15) is 0 Å². The highest BCUT2D eigenvalue weighted by Crippen LogP contribution is 2.34. The third kappa shape index (κ3) is 4.19. The molecule has 0 aliphatic rings. The lowest BCUT2D eigenvalue weighted by molar-refractivity contribution is -0.138. The van der Waals surface area contributed by atoms with Crippen molar-refractivity contribution in [3.05, 3.63) is 34.9 Å². The molecule has 6 heteroatoms. The van der Waals surface area contributed by atoms with Crippen LogP contribution in [0, 0.1) is 6.92 Å². The Balaban J connectivity index is 2.95. The summed E-state index contributed by atoms with van der Waals surface area (Å²) >= 11 is 0. The maximum absolute atomic E-state index is 12.8. The molecule has 1 aromatic carbocycles. The fourth-order valence-corrected chi connectivity index (χ4v) is 2.15. The minimum atomic E-state index is -4.31. The van der Waals surface area contributed by atoms with Gasteiger partial charge in [0.15, 0.2) is 0 Å². The zero-order chi connectivity index (χ0) is 14.6. The van der Waals surface area contributed by atoms with Crippen molar-refractivity contribution < 1.29 is 13.2 Å². The van der Waals surface area contributed by atoms with Gasteiger partial charge < -0.3 is 0 Å². The van der Waals surface area contributed by atoms with Crippen LogP contribution in [0.3, 0.4) is 0 Å². The maximum atomic E-state index is 12.8. The van der Waals surface area contributed by atoms with E-state index in [1.807, 2.05) is 13.8 Å². The average Bonchev–Trinajstić information content (AvgIpc) is 2.27. The third-order valence-electron chi connectivity index (χ3n) is 3.01. The molecule has 0 bridgehead atoms. The van der Waals surface area contributed by atoms with Gasteiger partial charge in [-0.1, -0.05) is 12.1 Å². The van der Waals surface area contributed by atoms with Crippen molar-refractivity contribution in [1.82, 2.24) is 16.2 Å². The van der Waals surface area contributed by atoms with Gasteiger partial charge in [-0.15, -0.1) is 0 Å². The largest absolute Gasteiger partial charge is 0.416 e. The number of rotatable bonds is 5. The Labute approximate surface area is 111 Å². The van der Waals surface area contributed by atoms with E-state index in [1.54, 1.807) is 13.1 Å². The van der Waals surface area contributed by atoms with E-state index in [-0.39, 0.29) is 17.8 Å². The van der Waals surface area contributed by atoms with Crippen molar-refractivity contribution in [2.24, 2.45) is 0 Å².